The van der Waals surface area contributed by atoms with E-state index in [9.17, 15) is 41.9 Å². The minimum Gasteiger partial charge on any atom is -0.361 e. The molecule has 14 nitrogen and oxygen atoms in total. The van der Waals surface area contributed by atoms with E-state index in [0.29, 0.717) is 44.1 Å². The molecule has 7 atom stereocenters. The number of para-hydroxylation sites is 1. The second-order valence-electron chi connectivity index (χ2n) is 17.8. The lowest BCUT2D eigenvalue weighted by Gasteiger charge is -2.38. The minimum absolute atomic E-state index is 0.00844. The molecule has 332 valence electrons. The summed E-state index contributed by atoms with van der Waals surface area (Å²) in [6.07, 6.45) is 3.03. The Morgan fingerprint density at radius 1 is 0.726 bits per heavy atom. The number of H-pyrrole nitrogens is 1. The third-order valence-corrected chi connectivity index (χ3v) is 13.9. The maximum Gasteiger partial charge on any atom is 0.416 e. The van der Waals surface area contributed by atoms with Crippen LogP contribution in [0.25, 0.3) is 10.9 Å². The summed E-state index contributed by atoms with van der Waals surface area (Å²) in [5.41, 5.74) is 5.52. The van der Waals surface area contributed by atoms with Gasteiger partial charge < -0.3 is 41.8 Å². The van der Waals surface area contributed by atoms with E-state index in [1.165, 1.54) is 17.0 Å². The highest BCUT2D eigenvalue weighted by atomic mass is 19.4. The molecule has 0 bridgehead atoms. The maximum atomic E-state index is 14.9. The van der Waals surface area contributed by atoms with Gasteiger partial charge in [0.15, 0.2) is 0 Å². The standard InChI is InChI=1S/C45H55F3N8O6/c46-45(47,48)29-15-13-26(14-16-29)22-33-39(58)54-44(18-5-6-19-44)43(62)53-34(23-28-25-50-31-10-3-2-9-30(28)31)38(57)51-32(17-20-49)41(60)55-21-7-12-36(55)42(61)56-35-11-4-1-8-27(35)24-37(56)40(59)52-33/h2-3,9-10,13-16,25,27,32-37,50H,1,4-8,11-12,17-24,49H2,(H,51,57)(H,52,59)(H,53,62)(H,54,58). The van der Waals surface area contributed by atoms with Gasteiger partial charge in [0.1, 0.15) is 35.7 Å². The molecule has 4 heterocycles. The van der Waals surface area contributed by atoms with Crippen molar-refractivity contribution >= 4 is 46.3 Å². The average Bonchev–Trinajstić information content (AvgIpc) is 4.09. The van der Waals surface area contributed by atoms with Crippen LogP contribution < -0.4 is 27.0 Å². The van der Waals surface area contributed by atoms with Gasteiger partial charge in [-0.15, -0.1) is 0 Å². The number of hydrogen-bond acceptors (Lipinski definition) is 7. The zero-order chi connectivity index (χ0) is 43.8. The first-order valence-electron chi connectivity index (χ1n) is 22.0. The van der Waals surface area contributed by atoms with E-state index in [2.05, 4.69) is 26.3 Å². The third kappa shape index (κ3) is 8.64. The Bertz CT molecular complexity index is 2190. The van der Waals surface area contributed by atoms with Gasteiger partial charge in [0.05, 0.1) is 5.56 Å². The van der Waals surface area contributed by atoms with Crippen LogP contribution in [-0.2, 0) is 47.8 Å². The highest BCUT2D eigenvalue weighted by Gasteiger charge is 2.52. The molecule has 1 aromatic heterocycles. The van der Waals surface area contributed by atoms with Crippen LogP contribution in [-0.4, -0.2) is 105 Å². The normalized spacial score (nSPS) is 28.7. The summed E-state index contributed by atoms with van der Waals surface area (Å²) in [6, 6.07) is 5.96. The van der Waals surface area contributed by atoms with Crippen molar-refractivity contribution in [3.8, 4) is 0 Å². The Hall–Kier alpha value is -5.45. The number of aromatic amines is 1. The molecule has 7 unspecified atom stereocenters. The number of rotatable bonds is 6. The van der Waals surface area contributed by atoms with E-state index in [0.717, 1.165) is 47.9 Å². The predicted octanol–water partition coefficient (Wildman–Crippen LogP) is 3.37. The minimum atomic E-state index is -4.59. The second-order valence-corrected chi connectivity index (χ2v) is 17.8. The van der Waals surface area contributed by atoms with Gasteiger partial charge in [0.2, 0.25) is 35.4 Å². The molecule has 8 rings (SSSR count). The van der Waals surface area contributed by atoms with Crippen LogP contribution in [0.1, 0.15) is 93.7 Å². The number of carbonyl (C=O) groups is 6. The summed E-state index contributed by atoms with van der Waals surface area (Å²) in [7, 11) is 0. The Morgan fingerprint density at radius 3 is 2.18 bits per heavy atom. The fourth-order valence-electron chi connectivity index (χ4n) is 10.6. The summed E-state index contributed by atoms with van der Waals surface area (Å²) in [5.74, 6) is -3.42. The van der Waals surface area contributed by atoms with Crippen molar-refractivity contribution < 1.29 is 41.9 Å². The summed E-state index contributed by atoms with van der Waals surface area (Å²) in [6.45, 7) is 0.294. The van der Waals surface area contributed by atoms with Crippen molar-refractivity contribution in [3.05, 3.63) is 71.4 Å². The molecule has 62 heavy (non-hydrogen) atoms. The number of alkyl halides is 3. The molecule has 2 saturated carbocycles. The summed E-state index contributed by atoms with van der Waals surface area (Å²) in [4.78, 5) is 94.2. The highest BCUT2D eigenvalue weighted by Crippen LogP contribution is 2.41. The van der Waals surface area contributed by atoms with Crippen molar-refractivity contribution in [2.24, 2.45) is 11.7 Å². The molecule has 5 aliphatic rings. The number of nitrogens with two attached hydrogens (primary N) is 1. The first kappa shape index (κ1) is 43.2. The zero-order valence-corrected chi connectivity index (χ0v) is 34.6. The van der Waals surface area contributed by atoms with Gasteiger partial charge in [-0.2, -0.15) is 13.2 Å². The number of benzene rings is 2. The van der Waals surface area contributed by atoms with Crippen LogP contribution in [0.2, 0.25) is 0 Å². The van der Waals surface area contributed by atoms with E-state index in [-0.39, 0.29) is 63.1 Å². The van der Waals surface area contributed by atoms with Crippen molar-refractivity contribution in [1.29, 1.82) is 0 Å². The largest absolute Gasteiger partial charge is 0.416 e. The molecule has 5 fully saturated rings. The molecule has 6 amide bonds. The summed E-state index contributed by atoms with van der Waals surface area (Å²) in [5, 5.41) is 12.5. The van der Waals surface area contributed by atoms with Crippen LogP contribution in [0.3, 0.4) is 0 Å². The maximum absolute atomic E-state index is 14.9. The van der Waals surface area contributed by atoms with Crippen molar-refractivity contribution in [2.45, 2.75) is 138 Å². The van der Waals surface area contributed by atoms with Gasteiger partial charge >= 0.3 is 6.18 Å². The number of carbonyl (C=O) groups excluding carboxylic acids is 6. The lowest BCUT2D eigenvalue weighted by atomic mass is 9.84. The number of amides is 6. The number of fused-ring (bicyclic) bond motifs is 5. The summed E-state index contributed by atoms with van der Waals surface area (Å²) < 4.78 is 40.6. The fraction of sp³-hybridized carbons (Fsp3) is 0.556. The monoisotopic (exact) mass is 860 g/mol. The van der Waals surface area contributed by atoms with Gasteiger partial charge in [-0.3, -0.25) is 28.8 Å². The van der Waals surface area contributed by atoms with Crippen molar-refractivity contribution in [2.75, 3.05) is 13.1 Å². The molecule has 3 aromatic rings. The van der Waals surface area contributed by atoms with Gasteiger partial charge in [0, 0.05) is 42.5 Å². The van der Waals surface area contributed by atoms with Gasteiger partial charge in [0.25, 0.3) is 0 Å². The summed E-state index contributed by atoms with van der Waals surface area (Å²) >= 11 is 0. The Balaban J connectivity index is 1.19. The quantitative estimate of drug-likeness (QED) is 0.218. The van der Waals surface area contributed by atoms with E-state index in [1.54, 1.807) is 11.1 Å². The Labute approximate surface area is 357 Å². The molecule has 3 aliphatic heterocycles. The van der Waals surface area contributed by atoms with E-state index < -0.39 is 77.0 Å². The molecule has 0 radical (unpaired) electrons. The fourth-order valence-corrected chi connectivity index (χ4v) is 10.6. The lowest BCUT2D eigenvalue weighted by molar-refractivity contribution is -0.150. The molecule has 2 aliphatic carbocycles. The molecular weight excluding hydrogens is 806 g/mol. The van der Waals surface area contributed by atoms with E-state index >= 15 is 0 Å². The smallest absolute Gasteiger partial charge is 0.361 e. The number of aromatic nitrogens is 1. The molecule has 17 heteroatoms. The van der Waals surface area contributed by atoms with Crippen LogP contribution >= 0.6 is 0 Å². The molecule has 2 aromatic carbocycles. The van der Waals surface area contributed by atoms with Gasteiger partial charge in [-0.05, 0) is 93.2 Å². The predicted molar refractivity (Wildman–Crippen MR) is 222 cm³/mol. The van der Waals surface area contributed by atoms with Crippen molar-refractivity contribution in [3.63, 3.8) is 0 Å². The number of halogens is 3. The average molecular weight is 861 g/mol. The second kappa shape index (κ2) is 17.7. The highest BCUT2D eigenvalue weighted by molar-refractivity contribution is 6.00. The molecular formula is C45H55F3N8O6. The molecule has 1 spiro atoms. The Kier molecular flexibility index (Phi) is 12.4. The number of hydrogen-bond donors (Lipinski definition) is 6. The zero-order valence-electron chi connectivity index (χ0n) is 34.6. The van der Waals surface area contributed by atoms with Crippen LogP contribution in [0, 0.1) is 5.92 Å². The third-order valence-electron chi connectivity index (χ3n) is 13.9. The van der Waals surface area contributed by atoms with E-state index in [1.807, 2.05) is 24.3 Å². The SMILES string of the molecule is NCCC1NC(=O)C(Cc2c[nH]c3ccccc23)NC(=O)C2(CCCC2)NC(=O)C(Cc2ccc(C(F)(F)F)cc2)NC(=O)C2CC3CCCCC3N2C(=O)C2CCCN2C1=O. The molecule has 7 N–H and O–H groups in total. The van der Waals surface area contributed by atoms with Gasteiger partial charge in [-0.1, -0.05) is 56.0 Å². The van der Waals surface area contributed by atoms with Crippen molar-refractivity contribution in [1.82, 2.24) is 36.1 Å². The first-order chi connectivity index (χ1) is 29.8. The Morgan fingerprint density at radius 2 is 1.44 bits per heavy atom. The van der Waals surface area contributed by atoms with Crippen LogP contribution in [0.5, 0.6) is 0 Å². The first-order valence-corrected chi connectivity index (χ1v) is 22.0. The molecule has 3 saturated heterocycles. The number of nitrogens with zero attached hydrogens (tertiary/aromatic N) is 2. The van der Waals surface area contributed by atoms with E-state index in [4.69, 9.17) is 5.73 Å². The van der Waals surface area contributed by atoms with Crippen LogP contribution in [0.4, 0.5) is 13.2 Å². The van der Waals surface area contributed by atoms with Crippen LogP contribution in [0.15, 0.2) is 54.7 Å². The number of nitrogens with one attached hydrogen (secondary N) is 5. The lowest BCUT2D eigenvalue weighted by Crippen LogP contribution is -2.65. The van der Waals surface area contributed by atoms with Gasteiger partial charge in [-0.25, -0.2) is 0 Å². The topological polar surface area (TPSA) is 199 Å².